The van der Waals surface area contributed by atoms with Gasteiger partial charge in [-0.15, -0.1) is 0 Å². The number of rotatable bonds is 7. The highest BCUT2D eigenvalue weighted by Crippen LogP contribution is 2.37. The molecule has 1 aliphatic heterocycles. The molecular formula is C22H23N3O7S2. The normalized spacial score (nSPS) is 13.6. The largest absolute Gasteiger partial charge is 0.468 e. The van der Waals surface area contributed by atoms with E-state index in [-0.39, 0.29) is 28.6 Å². The van der Waals surface area contributed by atoms with Crippen LogP contribution in [0, 0.1) is 0 Å². The van der Waals surface area contributed by atoms with Crippen LogP contribution in [0.3, 0.4) is 0 Å². The fraction of sp³-hybridized carbons (Fsp3) is 0.318. The highest BCUT2D eigenvalue weighted by Gasteiger charge is 2.22. The Bertz CT molecular complexity index is 1420. The van der Waals surface area contributed by atoms with Gasteiger partial charge in [-0.3, -0.25) is 9.59 Å². The molecule has 0 atom stereocenters. The molecular weight excluding hydrogens is 482 g/mol. The number of benzene rings is 2. The standard InChI is InChI=1S/C22H23N3O7S2/c1-4-24(5-2)34(28,29)15-8-6-14(7-9-15)21(27)23-22-25(12-20(26)30-3)16-10-17-18(32-13-31-17)11-19(16)33-22/h6-11H,4-5,12-13H2,1-3H3. The van der Waals surface area contributed by atoms with Crippen LogP contribution in [0.1, 0.15) is 24.2 Å². The van der Waals surface area contributed by atoms with Gasteiger partial charge in [0.05, 0.1) is 22.2 Å². The van der Waals surface area contributed by atoms with E-state index in [1.165, 1.54) is 47.0 Å². The molecule has 0 radical (unpaired) electrons. The zero-order valence-electron chi connectivity index (χ0n) is 18.8. The quantitative estimate of drug-likeness (QED) is 0.453. The Balaban J connectivity index is 1.73. The number of nitrogens with zero attached hydrogens (tertiary/aromatic N) is 3. The third kappa shape index (κ3) is 4.43. The molecule has 4 rings (SSSR count). The maximum atomic E-state index is 12.9. The van der Waals surface area contributed by atoms with Crippen LogP contribution in [0.5, 0.6) is 11.5 Å². The summed E-state index contributed by atoms with van der Waals surface area (Å²) in [6.45, 7) is 4.18. The van der Waals surface area contributed by atoms with Crippen molar-refractivity contribution in [3.05, 3.63) is 46.8 Å². The Kier molecular flexibility index (Phi) is 6.73. The van der Waals surface area contributed by atoms with Crippen LogP contribution in [0.15, 0.2) is 46.3 Å². The zero-order chi connectivity index (χ0) is 24.5. The number of aromatic nitrogens is 1. The molecule has 0 bridgehead atoms. The Morgan fingerprint density at radius 1 is 1.12 bits per heavy atom. The summed E-state index contributed by atoms with van der Waals surface area (Å²) in [6, 6.07) is 9.14. The summed E-state index contributed by atoms with van der Waals surface area (Å²) < 4.78 is 44.7. The molecule has 0 spiro atoms. The Hall–Kier alpha value is -3.22. The van der Waals surface area contributed by atoms with Crippen LogP contribution < -0.4 is 14.3 Å². The molecule has 0 saturated carbocycles. The summed E-state index contributed by atoms with van der Waals surface area (Å²) in [6.07, 6.45) is 0. The monoisotopic (exact) mass is 505 g/mol. The Morgan fingerprint density at radius 3 is 2.38 bits per heavy atom. The van der Waals surface area contributed by atoms with E-state index in [4.69, 9.17) is 14.2 Å². The van der Waals surface area contributed by atoms with Gasteiger partial charge in [-0.2, -0.15) is 9.30 Å². The number of thiazole rings is 1. The Labute approximate surface area is 200 Å². The number of carbonyl (C=O) groups is 2. The van der Waals surface area contributed by atoms with Crippen LogP contribution in [-0.2, 0) is 26.1 Å². The van der Waals surface area contributed by atoms with Gasteiger partial charge in [-0.05, 0) is 24.3 Å². The predicted molar refractivity (Wildman–Crippen MR) is 124 cm³/mol. The number of hydrogen-bond acceptors (Lipinski definition) is 8. The van der Waals surface area contributed by atoms with Crippen molar-refractivity contribution >= 4 is 43.5 Å². The fourth-order valence-corrected chi connectivity index (χ4v) is 6.02. The van der Waals surface area contributed by atoms with Crippen LogP contribution in [0.2, 0.25) is 0 Å². The lowest BCUT2D eigenvalue weighted by atomic mass is 10.2. The highest BCUT2D eigenvalue weighted by atomic mass is 32.2. The van der Waals surface area contributed by atoms with Crippen molar-refractivity contribution in [2.45, 2.75) is 25.3 Å². The first kappa shape index (κ1) is 23.9. The SMILES string of the molecule is CCN(CC)S(=O)(=O)c1ccc(C(=O)N=c2sc3cc4c(cc3n2CC(=O)OC)OCO4)cc1. The summed E-state index contributed by atoms with van der Waals surface area (Å²) in [5, 5.41) is 0. The lowest BCUT2D eigenvalue weighted by molar-refractivity contribution is -0.141. The van der Waals surface area contributed by atoms with E-state index in [1.54, 1.807) is 30.5 Å². The first-order valence-corrected chi connectivity index (χ1v) is 12.7. The molecule has 0 saturated heterocycles. The zero-order valence-corrected chi connectivity index (χ0v) is 20.4. The number of hydrogen-bond donors (Lipinski definition) is 0. The lowest BCUT2D eigenvalue weighted by Crippen LogP contribution is -2.30. The van der Waals surface area contributed by atoms with E-state index >= 15 is 0 Å². The van der Waals surface area contributed by atoms with E-state index in [0.29, 0.717) is 30.1 Å². The third-order valence-corrected chi connectivity index (χ3v) is 8.44. The minimum Gasteiger partial charge on any atom is -0.468 e. The summed E-state index contributed by atoms with van der Waals surface area (Å²) in [5.74, 6) is 0.0304. The molecule has 10 nitrogen and oxygen atoms in total. The molecule has 12 heteroatoms. The first-order chi connectivity index (χ1) is 16.3. The van der Waals surface area contributed by atoms with Crippen molar-refractivity contribution < 1.29 is 32.2 Å². The topological polar surface area (TPSA) is 117 Å². The molecule has 0 N–H and O–H groups in total. The number of esters is 1. The maximum Gasteiger partial charge on any atom is 0.325 e. The molecule has 1 amide bonds. The number of fused-ring (bicyclic) bond motifs is 2. The highest BCUT2D eigenvalue weighted by molar-refractivity contribution is 7.89. The van der Waals surface area contributed by atoms with E-state index < -0.39 is 21.9 Å². The van der Waals surface area contributed by atoms with Crippen LogP contribution >= 0.6 is 11.3 Å². The molecule has 180 valence electrons. The molecule has 0 aliphatic carbocycles. The van der Waals surface area contributed by atoms with Gasteiger partial charge in [0.15, 0.2) is 16.3 Å². The summed E-state index contributed by atoms with van der Waals surface area (Å²) in [7, 11) is -2.35. The number of sulfonamides is 1. The molecule has 0 fully saturated rings. The predicted octanol–water partition coefficient (Wildman–Crippen LogP) is 2.38. The van der Waals surface area contributed by atoms with E-state index in [9.17, 15) is 18.0 Å². The van der Waals surface area contributed by atoms with Gasteiger partial charge >= 0.3 is 5.97 Å². The summed E-state index contributed by atoms with van der Waals surface area (Å²) in [4.78, 5) is 29.5. The Morgan fingerprint density at radius 2 is 1.76 bits per heavy atom. The second-order valence-electron chi connectivity index (χ2n) is 7.25. The maximum absolute atomic E-state index is 12.9. The molecule has 1 aliphatic rings. The average molecular weight is 506 g/mol. The number of methoxy groups -OCH3 is 1. The molecule has 2 heterocycles. The van der Waals surface area contributed by atoms with Crippen molar-refractivity contribution in [1.29, 1.82) is 0 Å². The van der Waals surface area contributed by atoms with Gasteiger partial charge in [-0.1, -0.05) is 25.2 Å². The minimum atomic E-state index is -3.63. The average Bonchev–Trinajstić information content (AvgIpc) is 3.42. The van der Waals surface area contributed by atoms with Gasteiger partial charge in [0.1, 0.15) is 6.54 Å². The van der Waals surface area contributed by atoms with Crippen LogP contribution in [0.4, 0.5) is 0 Å². The van der Waals surface area contributed by atoms with Crippen LogP contribution in [-0.4, -0.2) is 56.2 Å². The van der Waals surface area contributed by atoms with Gasteiger partial charge in [0.25, 0.3) is 5.91 Å². The third-order valence-electron chi connectivity index (χ3n) is 5.33. The molecule has 2 aromatic carbocycles. The fourth-order valence-electron chi connectivity index (χ4n) is 3.52. The molecule has 3 aromatic rings. The van der Waals surface area contributed by atoms with Crippen molar-refractivity contribution in [2.75, 3.05) is 27.0 Å². The van der Waals surface area contributed by atoms with E-state index in [2.05, 4.69) is 4.99 Å². The van der Waals surface area contributed by atoms with Crippen molar-refractivity contribution in [2.24, 2.45) is 4.99 Å². The number of carbonyl (C=O) groups excluding carboxylic acids is 2. The second kappa shape index (κ2) is 9.57. The van der Waals surface area contributed by atoms with Crippen molar-refractivity contribution in [3.8, 4) is 11.5 Å². The van der Waals surface area contributed by atoms with E-state index in [0.717, 1.165) is 4.70 Å². The molecule has 34 heavy (non-hydrogen) atoms. The van der Waals surface area contributed by atoms with Gasteiger partial charge < -0.3 is 18.8 Å². The number of ether oxygens (including phenoxy) is 3. The number of amides is 1. The van der Waals surface area contributed by atoms with Gasteiger partial charge in [-0.25, -0.2) is 8.42 Å². The summed E-state index contributed by atoms with van der Waals surface area (Å²) in [5.41, 5.74) is 0.863. The summed E-state index contributed by atoms with van der Waals surface area (Å²) >= 11 is 1.21. The molecule has 1 aromatic heterocycles. The van der Waals surface area contributed by atoms with Gasteiger partial charge in [0, 0.05) is 30.8 Å². The van der Waals surface area contributed by atoms with Crippen molar-refractivity contribution in [3.63, 3.8) is 0 Å². The second-order valence-corrected chi connectivity index (χ2v) is 10.2. The van der Waals surface area contributed by atoms with Gasteiger partial charge in [0.2, 0.25) is 16.8 Å². The molecule has 0 unspecified atom stereocenters. The van der Waals surface area contributed by atoms with Crippen molar-refractivity contribution in [1.82, 2.24) is 8.87 Å². The van der Waals surface area contributed by atoms with Crippen LogP contribution in [0.25, 0.3) is 10.2 Å². The minimum absolute atomic E-state index is 0.102. The first-order valence-electron chi connectivity index (χ1n) is 10.5. The lowest BCUT2D eigenvalue weighted by Gasteiger charge is -2.18. The smallest absolute Gasteiger partial charge is 0.325 e. The van der Waals surface area contributed by atoms with E-state index in [1.807, 2.05) is 0 Å².